The van der Waals surface area contributed by atoms with Crippen molar-refractivity contribution < 1.29 is 4.42 Å². The van der Waals surface area contributed by atoms with Gasteiger partial charge in [-0.25, -0.2) is 9.78 Å². The van der Waals surface area contributed by atoms with E-state index in [0.717, 1.165) is 22.5 Å². The van der Waals surface area contributed by atoms with Gasteiger partial charge in [0.2, 0.25) is 5.89 Å². The Kier molecular flexibility index (Phi) is 3.36. The van der Waals surface area contributed by atoms with Crippen molar-refractivity contribution in [3.63, 3.8) is 0 Å². The van der Waals surface area contributed by atoms with Gasteiger partial charge in [0.05, 0.1) is 11.3 Å². The first-order chi connectivity index (χ1) is 11.3. The molecule has 0 atom stereocenters. The van der Waals surface area contributed by atoms with E-state index in [2.05, 4.69) is 10.2 Å². The lowest BCUT2D eigenvalue weighted by molar-refractivity contribution is 0.552. The van der Waals surface area contributed by atoms with E-state index in [4.69, 9.17) is 21.7 Å². The maximum absolute atomic E-state index is 5.48. The minimum atomic E-state index is 0.242. The number of H-pyrrole nitrogens is 1. The lowest BCUT2D eigenvalue weighted by Gasteiger charge is -2.00. The van der Waals surface area contributed by atoms with Crippen molar-refractivity contribution in [3.05, 3.63) is 71.7 Å². The van der Waals surface area contributed by atoms with Gasteiger partial charge in [-0.05, 0) is 24.4 Å². The molecule has 0 saturated carbocycles. The Bertz CT molecular complexity index is 986. The van der Waals surface area contributed by atoms with Crippen LogP contribution in [-0.4, -0.2) is 20.0 Å². The lowest BCUT2D eigenvalue weighted by atomic mass is 10.1. The van der Waals surface area contributed by atoms with Crippen molar-refractivity contribution in [3.8, 4) is 28.4 Å². The van der Waals surface area contributed by atoms with Crippen LogP contribution in [0.4, 0.5) is 0 Å². The Balaban J connectivity index is 1.93. The maximum Gasteiger partial charge on any atom is 0.284 e. The molecule has 0 amide bonds. The number of nitrogens with zero attached hydrogens (tertiary/aromatic N) is 3. The Labute approximate surface area is 137 Å². The fourth-order valence-electron chi connectivity index (χ4n) is 2.40. The summed E-state index contributed by atoms with van der Waals surface area (Å²) in [6.07, 6.45) is 1.89. The number of nitrogens with one attached hydrogen (secondary N) is 1. The molecule has 2 aromatic heterocycles. The zero-order chi connectivity index (χ0) is 15.6. The molecule has 1 N–H and O–H groups in total. The van der Waals surface area contributed by atoms with Gasteiger partial charge >= 0.3 is 0 Å². The fourth-order valence-corrected chi connectivity index (χ4v) is 2.52. The van der Waals surface area contributed by atoms with E-state index in [9.17, 15) is 0 Å². The predicted octanol–water partition coefficient (Wildman–Crippen LogP) is 4.25. The average Bonchev–Trinajstić information content (AvgIpc) is 3.23. The van der Waals surface area contributed by atoms with Crippen molar-refractivity contribution in [2.75, 3.05) is 0 Å². The van der Waals surface area contributed by atoms with Crippen LogP contribution in [0.15, 0.2) is 71.3 Å². The first-order valence-corrected chi connectivity index (χ1v) is 7.48. The van der Waals surface area contributed by atoms with E-state index in [1.807, 2.05) is 71.5 Å². The van der Waals surface area contributed by atoms with Gasteiger partial charge in [0, 0.05) is 11.8 Å². The summed E-state index contributed by atoms with van der Waals surface area (Å²) < 4.78 is 7.29. The monoisotopic (exact) mass is 320 g/mol. The molecule has 0 fully saturated rings. The molecule has 112 valence electrons. The Morgan fingerprint density at radius 3 is 2.30 bits per heavy atom. The molecule has 0 aliphatic rings. The van der Waals surface area contributed by atoms with E-state index in [1.165, 1.54) is 0 Å². The second kappa shape index (κ2) is 5.66. The largest absolute Gasteiger partial charge is 0.409 e. The van der Waals surface area contributed by atoms with Crippen LogP contribution in [0, 0.1) is 4.84 Å². The van der Waals surface area contributed by atoms with E-state index in [-0.39, 0.29) is 4.84 Å². The van der Waals surface area contributed by atoms with Crippen molar-refractivity contribution in [2.45, 2.75) is 0 Å². The molecule has 4 aromatic rings. The second-order valence-corrected chi connectivity index (χ2v) is 5.33. The molecule has 0 radical (unpaired) electrons. The summed E-state index contributed by atoms with van der Waals surface area (Å²) in [5.41, 5.74) is 3.53. The smallest absolute Gasteiger partial charge is 0.284 e. The topological polar surface area (TPSA) is 59.6 Å². The summed E-state index contributed by atoms with van der Waals surface area (Å²) in [5, 5.41) is 11.5. The lowest BCUT2D eigenvalue weighted by Crippen LogP contribution is -1.93. The minimum absolute atomic E-state index is 0.242. The quantitative estimate of drug-likeness (QED) is 0.573. The first kappa shape index (κ1) is 13.7. The van der Waals surface area contributed by atoms with E-state index >= 15 is 0 Å². The van der Waals surface area contributed by atoms with Crippen molar-refractivity contribution in [1.29, 1.82) is 0 Å². The second-order valence-electron chi connectivity index (χ2n) is 4.96. The average molecular weight is 320 g/mol. The number of aromatic amines is 1. The summed E-state index contributed by atoms with van der Waals surface area (Å²) in [5.74, 6) is 0.427. The van der Waals surface area contributed by atoms with Gasteiger partial charge in [0.1, 0.15) is 5.69 Å². The third-order valence-corrected chi connectivity index (χ3v) is 3.63. The van der Waals surface area contributed by atoms with Gasteiger partial charge in [0.15, 0.2) is 0 Å². The highest BCUT2D eigenvalue weighted by molar-refractivity contribution is 7.71. The third kappa shape index (κ3) is 2.60. The normalized spacial score (nSPS) is 10.8. The zero-order valence-electron chi connectivity index (χ0n) is 12.0. The van der Waals surface area contributed by atoms with Crippen LogP contribution in [0.3, 0.4) is 0 Å². The molecule has 0 unspecified atom stereocenters. The van der Waals surface area contributed by atoms with E-state index in [0.29, 0.717) is 5.89 Å². The molecule has 2 heterocycles. The van der Waals surface area contributed by atoms with E-state index < -0.39 is 0 Å². The van der Waals surface area contributed by atoms with E-state index in [1.54, 1.807) is 0 Å². The van der Waals surface area contributed by atoms with Gasteiger partial charge in [-0.15, -0.1) is 5.10 Å². The summed E-state index contributed by atoms with van der Waals surface area (Å²) in [6.45, 7) is 0. The minimum Gasteiger partial charge on any atom is -0.409 e. The van der Waals surface area contributed by atoms with Crippen LogP contribution in [0.2, 0.25) is 0 Å². The molecule has 0 aliphatic heterocycles. The molecule has 0 bridgehead atoms. The Morgan fingerprint density at radius 1 is 0.957 bits per heavy atom. The molecule has 0 aliphatic carbocycles. The van der Waals surface area contributed by atoms with Crippen molar-refractivity contribution >= 4 is 12.2 Å². The third-order valence-electron chi connectivity index (χ3n) is 3.45. The van der Waals surface area contributed by atoms with Crippen LogP contribution in [0.25, 0.3) is 28.4 Å². The Hall–Kier alpha value is -2.99. The number of aromatic nitrogens is 4. The molecule has 0 saturated heterocycles. The predicted molar refractivity (Wildman–Crippen MR) is 89.7 cm³/mol. The summed E-state index contributed by atoms with van der Waals surface area (Å²) in [7, 11) is 0. The van der Waals surface area contributed by atoms with Crippen LogP contribution in [-0.2, 0) is 0 Å². The van der Waals surface area contributed by atoms with Crippen LogP contribution in [0.5, 0.6) is 0 Å². The first-order valence-electron chi connectivity index (χ1n) is 7.08. The van der Waals surface area contributed by atoms with Crippen LogP contribution in [0.1, 0.15) is 0 Å². The molecule has 0 spiro atoms. The summed E-state index contributed by atoms with van der Waals surface area (Å²) in [4.78, 5) is 0.242. The van der Waals surface area contributed by atoms with Gasteiger partial charge < -0.3 is 4.42 Å². The van der Waals surface area contributed by atoms with Gasteiger partial charge in [-0.2, -0.15) is 5.10 Å². The number of rotatable bonds is 3. The summed E-state index contributed by atoms with van der Waals surface area (Å²) >= 11 is 4.98. The maximum atomic E-state index is 5.48. The molecule has 5 nitrogen and oxygen atoms in total. The van der Waals surface area contributed by atoms with Crippen molar-refractivity contribution in [1.82, 2.24) is 20.0 Å². The zero-order valence-corrected chi connectivity index (χ0v) is 12.8. The SMILES string of the molecule is S=c1[nH]nc(-c2cn(-c3ccccc3)nc2-c2ccccc2)o1. The van der Waals surface area contributed by atoms with Crippen molar-refractivity contribution in [2.24, 2.45) is 0 Å². The summed E-state index contributed by atoms with van der Waals surface area (Å²) in [6, 6.07) is 19.8. The molecule has 6 heteroatoms. The van der Waals surface area contributed by atoms with Gasteiger partial charge in [-0.1, -0.05) is 48.5 Å². The fraction of sp³-hybridized carbons (Fsp3) is 0. The Morgan fingerprint density at radius 2 is 1.65 bits per heavy atom. The number of para-hydroxylation sites is 1. The van der Waals surface area contributed by atoms with Gasteiger partial charge in [0.25, 0.3) is 4.84 Å². The molecule has 23 heavy (non-hydrogen) atoms. The number of benzene rings is 2. The molecule has 2 aromatic carbocycles. The van der Waals surface area contributed by atoms with Crippen LogP contribution < -0.4 is 0 Å². The van der Waals surface area contributed by atoms with Crippen LogP contribution >= 0.6 is 12.2 Å². The highest BCUT2D eigenvalue weighted by atomic mass is 32.1. The molecular formula is C17H12N4OS. The number of hydrogen-bond acceptors (Lipinski definition) is 4. The standard InChI is InChI=1S/C17H12N4OS/c23-17-19-18-16(22-17)14-11-21(13-9-5-2-6-10-13)20-15(14)12-7-3-1-4-8-12/h1-11H,(H,19,23). The number of hydrogen-bond donors (Lipinski definition) is 1. The van der Waals surface area contributed by atoms with Gasteiger partial charge in [-0.3, -0.25) is 0 Å². The molecular weight excluding hydrogens is 308 g/mol. The molecule has 4 rings (SSSR count). The highest BCUT2D eigenvalue weighted by Crippen LogP contribution is 2.30. The highest BCUT2D eigenvalue weighted by Gasteiger charge is 2.17.